The minimum Gasteiger partial charge on any atom is -0.462 e. The van der Waals surface area contributed by atoms with E-state index in [-0.39, 0.29) is 28.8 Å². The van der Waals surface area contributed by atoms with Crippen molar-refractivity contribution < 1.29 is 14.3 Å². The van der Waals surface area contributed by atoms with E-state index in [9.17, 15) is 9.59 Å². The summed E-state index contributed by atoms with van der Waals surface area (Å²) >= 11 is 11.3. The summed E-state index contributed by atoms with van der Waals surface area (Å²) in [6.45, 7) is 1.94. The number of hydrogen-bond acceptors (Lipinski definition) is 3. The average molecular weight is 276 g/mol. The maximum absolute atomic E-state index is 11.6. The summed E-state index contributed by atoms with van der Waals surface area (Å²) in [6.07, 6.45) is 0. The fourth-order valence-corrected chi connectivity index (χ4v) is 1.49. The Hall–Kier alpha value is -1.26. The van der Waals surface area contributed by atoms with Gasteiger partial charge >= 0.3 is 5.97 Å². The van der Waals surface area contributed by atoms with Crippen molar-refractivity contribution in [2.24, 2.45) is 0 Å². The van der Waals surface area contributed by atoms with E-state index >= 15 is 0 Å². The fraction of sp³-hybridized carbons (Fsp3) is 0.273. The van der Waals surface area contributed by atoms with Crippen LogP contribution in [0, 0.1) is 0 Å². The van der Waals surface area contributed by atoms with Crippen LogP contribution < -0.4 is 5.32 Å². The molecule has 0 unspecified atom stereocenters. The molecule has 6 heteroatoms. The number of benzene rings is 1. The number of esters is 1. The van der Waals surface area contributed by atoms with Crippen LogP contribution in [0.15, 0.2) is 18.2 Å². The van der Waals surface area contributed by atoms with Crippen LogP contribution in [0.5, 0.6) is 0 Å². The zero-order valence-electron chi connectivity index (χ0n) is 9.13. The zero-order valence-corrected chi connectivity index (χ0v) is 10.6. The molecule has 1 aromatic rings. The largest absolute Gasteiger partial charge is 0.462 e. The van der Waals surface area contributed by atoms with E-state index in [1.54, 1.807) is 19.1 Å². The summed E-state index contributed by atoms with van der Waals surface area (Å²) in [5, 5.41) is 2.72. The highest BCUT2D eigenvalue weighted by atomic mass is 35.5. The Bertz CT molecular complexity index is 435. The lowest BCUT2D eigenvalue weighted by molar-refractivity contribution is -0.113. The molecule has 0 spiro atoms. The molecule has 0 saturated carbocycles. The molecule has 0 bridgehead atoms. The van der Waals surface area contributed by atoms with Gasteiger partial charge in [0.1, 0.15) is 5.88 Å². The third-order valence-electron chi connectivity index (χ3n) is 1.89. The van der Waals surface area contributed by atoms with Gasteiger partial charge in [0.25, 0.3) is 0 Å². The molecule has 4 nitrogen and oxygen atoms in total. The normalized spacial score (nSPS) is 9.82. The summed E-state index contributed by atoms with van der Waals surface area (Å²) in [7, 11) is 0. The first-order chi connectivity index (χ1) is 8.10. The van der Waals surface area contributed by atoms with Gasteiger partial charge in [0.2, 0.25) is 5.91 Å². The van der Waals surface area contributed by atoms with Crippen molar-refractivity contribution in [3.8, 4) is 0 Å². The number of rotatable bonds is 4. The lowest BCUT2D eigenvalue weighted by atomic mass is 10.1. The van der Waals surface area contributed by atoms with Crippen LogP contribution in [-0.2, 0) is 9.53 Å². The number of nitrogens with one attached hydrogen (secondary N) is 1. The van der Waals surface area contributed by atoms with Crippen LogP contribution in [0.4, 0.5) is 5.69 Å². The molecule has 0 radical (unpaired) electrons. The van der Waals surface area contributed by atoms with E-state index in [0.29, 0.717) is 0 Å². The van der Waals surface area contributed by atoms with E-state index in [2.05, 4.69) is 5.32 Å². The van der Waals surface area contributed by atoms with E-state index < -0.39 is 11.9 Å². The van der Waals surface area contributed by atoms with Crippen molar-refractivity contribution in [3.63, 3.8) is 0 Å². The number of halogens is 2. The van der Waals surface area contributed by atoms with Crippen LogP contribution in [0.1, 0.15) is 17.3 Å². The number of para-hydroxylation sites is 1. The highest BCUT2D eigenvalue weighted by Gasteiger charge is 2.16. The van der Waals surface area contributed by atoms with Gasteiger partial charge in [-0.05, 0) is 19.1 Å². The molecule has 0 aliphatic rings. The molecule has 0 aliphatic carbocycles. The molecule has 1 amide bonds. The Labute approximate surface area is 109 Å². The quantitative estimate of drug-likeness (QED) is 0.679. The monoisotopic (exact) mass is 275 g/mol. The van der Waals surface area contributed by atoms with Gasteiger partial charge < -0.3 is 10.1 Å². The van der Waals surface area contributed by atoms with Crippen molar-refractivity contribution in [2.45, 2.75) is 6.92 Å². The smallest absolute Gasteiger partial charge is 0.340 e. The van der Waals surface area contributed by atoms with Crippen LogP contribution in [-0.4, -0.2) is 24.4 Å². The maximum atomic E-state index is 11.6. The zero-order chi connectivity index (χ0) is 12.8. The van der Waals surface area contributed by atoms with Crippen molar-refractivity contribution in [1.29, 1.82) is 0 Å². The summed E-state index contributed by atoms with van der Waals surface area (Å²) in [6, 6.07) is 4.69. The van der Waals surface area contributed by atoms with Crippen molar-refractivity contribution in [2.75, 3.05) is 17.8 Å². The van der Waals surface area contributed by atoms with Crippen molar-refractivity contribution in [1.82, 2.24) is 0 Å². The van der Waals surface area contributed by atoms with Crippen LogP contribution >= 0.6 is 23.2 Å². The van der Waals surface area contributed by atoms with Gasteiger partial charge in [-0.3, -0.25) is 4.79 Å². The van der Waals surface area contributed by atoms with Crippen molar-refractivity contribution >= 4 is 40.8 Å². The molecule has 92 valence electrons. The molecule has 0 heterocycles. The van der Waals surface area contributed by atoms with Crippen LogP contribution in [0.3, 0.4) is 0 Å². The Kier molecular flexibility index (Phi) is 5.25. The Balaban J connectivity index is 3.08. The second-order valence-electron chi connectivity index (χ2n) is 3.06. The topological polar surface area (TPSA) is 55.4 Å². The molecule has 0 aromatic heterocycles. The average Bonchev–Trinajstić information content (AvgIpc) is 2.31. The van der Waals surface area contributed by atoms with Gasteiger partial charge in [-0.2, -0.15) is 0 Å². The summed E-state index contributed by atoms with van der Waals surface area (Å²) in [5.74, 6) is -1.20. The summed E-state index contributed by atoms with van der Waals surface area (Å²) in [5.41, 5.74) is 0.427. The number of anilines is 1. The first kappa shape index (κ1) is 13.8. The molecule has 17 heavy (non-hydrogen) atoms. The van der Waals surface area contributed by atoms with E-state index in [1.165, 1.54) is 6.07 Å². The molecule has 1 N–H and O–H groups in total. The highest BCUT2D eigenvalue weighted by Crippen LogP contribution is 2.26. The lowest BCUT2D eigenvalue weighted by Crippen LogP contribution is -2.17. The first-order valence-electron chi connectivity index (χ1n) is 4.91. The molecule has 1 aromatic carbocycles. The maximum Gasteiger partial charge on any atom is 0.340 e. The minimum atomic E-state index is -0.542. The van der Waals surface area contributed by atoms with Crippen LogP contribution in [0.25, 0.3) is 0 Å². The van der Waals surface area contributed by atoms with E-state index in [4.69, 9.17) is 27.9 Å². The fourth-order valence-electron chi connectivity index (χ4n) is 1.20. The number of alkyl halides is 1. The SMILES string of the molecule is CCOC(=O)c1cccc(Cl)c1NC(=O)CCl. The summed E-state index contributed by atoms with van der Waals surface area (Å²) in [4.78, 5) is 22.8. The number of ether oxygens (including phenoxy) is 1. The highest BCUT2D eigenvalue weighted by molar-refractivity contribution is 6.35. The molecule has 0 aliphatic heterocycles. The second kappa shape index (κ2) is 6.47. The third-order valence-corrected chi connectivity index (χ3v) is 2.45. The third kappa shape index (κ3) is 3.61. The summed E-state index contributed by atoms with van der Waals surface area (Å²) < 4.78 is 4.86. The molecular weight excluding hydrogens is 265 g/mol. The second-order valence-corrected chi connectivity index (χ2v) is 3.74. The standard InChI is InChI=1S/C11H11Cl2NO3/c1-2-17-11(16)7-4-3-5-8(13)10(7)14-9(15)6-12/h3-5H,2,6H2,1H3,(H,14,15). The van der Waals surface area contributed by atoms with Gasteiger partial charge in [-0.15, -0.1) is 11.6 Å². The number of amides is 1. The molecular formula is C11H11Cl2NO3. The number of hydrogen-bond donors (Lipinski definition) is 1. The van der Waals surface area contributed by atoms with Crippen molar-refractivity contribution in [3.05, 3.63) is 28.8 Å². The van der Waals surface area contributed by atoms with Gasteiger partial charge in [0.05, 0.1) is 22.9 Å². The first-order valence-corrected chi connectivity index (χ1v) is 5.82. The van der Waals surface area contributed by atoms with Gasteiger partial charge in [0.15, 0.2) is 0 Å². The molecule has 0 atom stereocenters. The Morgan fingerprint density at radius 3 is 2.71 bits per heavy atom. The minimum absolute atomic E-state index is 0.206. The van der Waals surface area contributed by atoms with E-state index in [0.717, 1.165) is 0 Å². The predicted molar refractivity (Wildman–Crippen MR) is 66.8 cm³/mol. The molecule has 1 rings (SSSR count). The molecule has 0 fully saturated rings. The number of carbonyl (C=O) groups is 2. The predicted octanol–water partition coefficient (Wildman–Crippen LogP) is 2.69. The van der Waals surface area contributed by atoms with Gasteiger partial charge in [0, 0.05) is 0 Å². The van der Waals surface area contributed by atoms with Gasteiger partial charge in [-0.1, -0.05) is 17.7 Å². The van der Waals surface area contributed by atoms with Crippen LogP contribution in [0.2, 0.25) is 5.02 Å². The number of carbonyl (C=O) groups excluding carboxylic acids is 2. The lowest BCUT2D eigenvalue weighted by Gasteiger charge is -2.11. The Morgan fingerprint density at radius 1 is 1.41 bits per heavy atom. The van der Waals surface area contributed by atoms with E-state index in [1.807, 2.05) is 0 Å². The Morgan fingerprint density at radius 2 is 2.12 bits per heavy atom. The van der Waals surface area contributed by atoms with Gasteiger partial charge in [-0.25, -0.2) is 4.79 Å². The molecule has 0 saturated heterocycles.